The molecule has 1 heterocycles. The van der Waals surface area contributed by atoms with Crippen LogP contribution in [0.2, 0.25) is 0 Å². The zero-order valence-electron chi connectivity index (χ0n) is 14.3. The van der Waals surface area contributed by atoms with Gasteiger partial charge in [-0.1, -0.05) is 37.3 Å². The minimum atomic E-state index is -0.143. The number of halogens is 1. The number of hydrogen-bond acceptors (Lipinski definition) is 3. The third-order valence-corrected chi connectivity index (χ3v) is 4.41. The molecule has 2 rings (SSSR count). The monoisotopic (exact) mass is 353 g/mol. The van der Waals surface area contributed by atoms with Crippen molar-refractivity contribution in [3.05, 3.63) is 35.9 Å². The Labute approximate surface area is 150 Å². The molecule has 1 fully saturated rings. The van der Waals surface area contributed by atoms with Crippen LogP contribution in [0.4, 0.5) is 0 Å². The Morgan fingerprint density at radius 2 is 1.71 bits per heavy atom. The molecule has 24 heavy (non-hydrogen) atoms. The standard InChI is InChI=1S/C18H27N3O2.ClH/c1-15(14-19)18(23)21-11-5-10-20(12-13-21)17(22)9-8-16-6-3-2-4-7-16;/h2-4,6-7,15H,5,8-14,19H2,1H3;1H. The third-order valence-electron chi connectivity index (χ3n) is 4.41. The number of benzene rings is 1. The Balaban J connectivity index is 0.00000288. The minimum absolute atomic E-state index is 0. The Morgan fingerprint density at radius 3 is 2.38 bits per heavy atom. The topological polar surface area (TPSA) is 66.6 Å². The fourth-order valence-electron chi connectivity index (χ4n) is 2.85. The van der Waals surface area contributed by atoms with Crippen molar-refractivity contribution in [1.29, 1.82) is 0 Å². The van der Waals surface area contributed by atoms with E-state index < -0.39 is 0 Å². The number of aryl methyl sites for hydroxylation is 1. The van der Waals surface area contributed by atoms with Gasteiger partial charge in [0.05, 0.1) is 0 Å². The fraction of sp³-hybridized carbons (Fsp3) is 0.556. The largest absolute Gasteiger partial charge is 0.341 e. The predicted octanol–water partition coefficient (Wildman–Crippen LogP) is 1.70. The van der Waals surface area contributed by atoms with Gasteiger partial charge in [0, 0.05) is 45.1 Å². The highest BCUT2D eigenvalue weighted by Crippen LogP contribution is 2.10. The normalized spacial score (nSPS) is 16.1. The Kier molecular flexibility index (Phi) is 8.79. The summed E-state index contributed by atoms with van der Waals surface area (Å²) in [5, 5.41) is 0. The molecule has 0 spiro atoms. The van der Waals surface area contributed by atoms with Crippen LogP contribution in [0.25, 0.3) is 0 Å². The van der Waals surface area contributed by atoms with Gasteiger partial charge in [-0.05, 0) is 18.4 Å². The number of hydrogen-bond donors (Lipinski definition) is 1. The van der Waals surface area contributed by atoms with E-state index in [2.05, 4.69) is 0 Å². The number of nitrogens with zero attached hydrogens (tertiary/aromatic N) is 2. The zero-order valence-corrected chi connectivity index (χ0v) is 15.1. The number of carbonyl (C=O) groups excluding carboxylic acids is 2. The smallest absolute Gasteiger partial charge is 0.226 e. The summed E-state index contributed by atoms with van der Waals surface area (Å²) in [5.74, 6) is 0.136. The van der Waals surface area contributed by atoms with Crippen molar-refractivity contribution in [2.24, 2.45) is 11.7 Å². The highest BCUT2D eigenvalue weighted by molar-refractivity contribution is 5.85. The molecule has 1 atom stereocenters. The van der Waals surface area contributed by atoms with Crippen LogP contribution in [0.5, 0.6) is 0 Å². The van der Waals surface area contributed by atoms with Crippen LogP contribution in [0.15, 0.2) is 30.3 Å². The van der Waals surface area contributed by atoms with E-state index in [1.54, 1.807) is 0 Å². The molecule has 2 N–H and O–H groups in total. The molecule has 6 heteroatoms. The second kappa shape index (κ2) is 10.3. The van der Waals surface area contributed by atoms with Crippen molar-refractivity contribution in [1.82, 2.24) is 9.80 Å². The highest BCUT2D eigenvalue weighted by Gasteiger charge is 2.24. The quantitative estimate of drug-likeness (QED) is 0.876. The number of nitrogens with two attached hydrogens (primary N) is 1. The predicted molar refractivity (Wildman–Crippen MR) is 98.0 cm³/mol. The number of carbonyl (C=O) groups is 2. The first kappa shape index (κ1) is 20.5. The molecule has 0 saturated carbocycles. The Morgan fingerprint density at radius 1 is 1.08 bits per heavy atom. The summed E-state index contributed by atoms with van der Waals surface area (Å²) in [6.07, 6.45) is 2.13. The van der Waals surface area contributed by atoms with Gasteiger partial charge in [0.15, 0.2) is 0 Å². The van der Waals surface area contributed by atoms with E-state index in [1.165, 1.54) is 5.56 Å². The average molecular weight is 354 g/mol. The lowest BCUT2D eigenvalue weighted by molar-refractivity contribution is -0.135. The van der Waals surface area contributed by atoms with E-state index in [1.807, 2.05) is 47.1 Å². The maximum atomic E-state index is 12.4. The molecule has 0 aromatic heterocycles. The third kappa shape index (κ3) is 5.80. The summed E-state index contributed by atoms with van der Waals surface area (Å²) in [6, 6.07) is 10.1. The molecular weight excluding hydrogens is 326 g/mol. The lowest BCUT2D eigenvalue weighted by Gasteiger charge is -2.24. The van der Waals surface area contributed by atoms with Crippen molar-refractivity contribution in [2.75, 3.05) is 32.7 Å². The minimum Gasteiger partial charge on any atom is -0.341 e. The van der Waals surface area contributed by atoms with Gasteiger partial charge in [0.1, 0.15) is 0 Å². The van der Waals surface area contributed by atoms with E-state index in [9.17, 15) is 9.59 Å². The van der Waals surface area contributed by atoms with E-state index >= 15 is 0 Å². The van der Waals surface area contributed by atoms with Crippen LogP contribution < -0.4 is 5.73 Å². The maximum Gasteiger partial charge on any atom is 0.226 e. The molecular formula is C18H28ClN3O2. The van der Waals surface area contributed by atoms with E-state index in [4.69, 9.17) is 5.73 Å². The van der Waals surface area contributed by atoms with Crippen molar-refractivity contribution in [2.45, 2.75) is 26.2 Å². The van der Waals surface area contributed by atoms with E-state index in [-0.39, 0.29) is 30.1 Å². The molecule has 1 unspecified atom stereocenters. The molecule has 1 aliphatic rings. The van der Waals surface area contributed by atoms with Crippen LogP contribution in [0.1, 0.15) is 25.3 Å². The van der Waals surface area contributed by atoms with Gasteiger partial charge in [-0.3, -0.25) is 9.59 Å². The number of rotatable bonds is 5. The molecule has 1 aromatic rings. The van der Waals surface area contributed by atoms with Gasteiger partial charge in [-0.15, -0.1) is 12.4 Å². The maximum absolute atomic E-state index is 12.4. The molecule has 134 valence electrons. The Hall–Kier alpha value is -1.59. The second-order valence-corrected chi connectivity index (χ2v) is 6.18. The molecule has 1 aliphatic heterocycles. The molecule has 2 amide bonds. The van der Waals surface area contributed by atoms with Crippen LogP contribution in [-0.4, -0.2) is 54.3 Å². The van der Waals surface area contributed by atoms with Crippen LogP contribution in [0.3, 0.4) is 0 Å². The molecule has 1 saturated heterocycles. The van der Waals surface area contributed by atoms with Gasteiger partial charge in [-0.25, -0.2) is 0 Å². The molecule has 0 aliphatic carbocycles. The summed E-state index contributed by atoms with van der Waals surface area (Å²) >= 11 is 0. The first-order chi connectivity index (χ1) is 11.1. The number of amides is 2. The summed E-state index contributed by atoms with van der Waals surface area (Å²) in [5.41, 5.74) is 6.76. The van der Waals surface area contributed by atoms with E-state index in [0.29, 0.717) is 32.6 Å². The van der Waals surface area contributed by atoms with Gasteiger partial charge in [0.2, 0.25) is 11.8 Å². The molecule has 5 nitrogen and oxygen atoms in total. The summed E-state index contributed by atoms with van der Waals surface area (Å²) < 4.78 is 0. The summed E-state index contributed by atoms with van der Waals surface area (Å²) in [6.45, 7) is 4.90. The van der Waals surface area contributed by atoms with Gasteiger partial charge >= 0.3 is 0 Å². The molecule has 0 bridgehead atoms. The Bertz CT molecular complexity index is 524. The molecule has 0 radical (unpaired) electrons. The fourth-order valence-corrected chi connectivity index (χ4v) is 2.85. The first-order valence-corrected chi connectivity index (χ1v) is 8.42. The summed E-state index contributed by atoms with van der Waals surface area (Å²) in [4.78, 5) is 28.3. The second-order valence-electron chi connectivity index (χ2n) is 6.18. The first-order valence-electron chi connectivity index (χ1n) is 8.42. The van der Waals surface area contributed by atoms with Crippen LogP contribution in [0, 0.1) is 5.92 Å². The van der Waals surface area contributed by atoms with Crippen molar-refractivity contribution >= 4 is 24.2 Å². The van der Waals surface area contributed by atoms with Crippen LogP contribution in [-0.2, 0) is 16.0 Å². The SMILES string of the molecule is CC(CN)C(=O)N1CCCN(C(=O)CCc2ccccc2)CC1.Cl. The van der Waals surface area contributed by atoms with Gasteiger partial charge in [0.25, 0.3) is 0 Å². The molecule has 1 aromatic carbocycles. The van der Waals surface area contributed by atoms with Crippen molar-refractivity contribution in [3.8, 4) is 0 Å². The van der Waals surface area contributed by atoms with Crippen molar-refractivity contribution < 1.29 is 9.59 Å². The van der Waals surface area contributed by atoms with Crippen LogP contribution >= 0.6 is 12.4 Å². The van der Waals surface area contributed by atoms with Gasteiger partial charge < -0.3 is 15.5 Å². The highest BCUT2D eigenvalue weighted by atomic mass is 35.5. The van der Waals surface area contributed by atoms with Crippen molar-refractivity contribution in [3.63, 3.8) is 0 Å². The average Bonchev–Trinajstić information content (AvgIpc) is 2.85. The van der Waals surface area contributed by atoms with Gasteiger partial charge in [-0.2, -0.15) is 0 Å². The lowest BCUT2D eigenvalue weighted by Crippen LogP contribution is -2.41. The lowest BCUT2D eigenvalue weighted by atomic mass is 10.1. The summed E-state index contributed by atoms with van der Waals surface area (Å²) in [7, 11) is 0. The van der Waals surface area contributed by atoms with E-state index in [0.717, 1.165) is 19.4 Å². The zero-order chi connectivity index (χ0) is 16.7.